The Balaban J connectivity index is 0.000000956. The minimum Gasteiger partial charge on any atom is -0.482 e. The van der Waals surface area contributed by atoms with Crippen molar-refractivity contribution in [3.63, 3.8) is 0 Å². The Bertz CT molecular complexity index is 541. The van der Waals surface area contributed by atoms with E-state index < -0.39 is 18.2 Å². The number of benzene rings is 1. The Morgan fingerprint density at radius 3 is 2.55 bits per heavy atom. The molecule has 1 aliphatic heterocycles. The van der Waals surface area contributed by atoms with Crippen molar-refractivity contribution in [2.75, 3.05) is 7.18 Å². The second-order valence-corrected chi connectivity index (χ2v) is 4.67. The molecular formula is C14H15ClF2O3. The summed E-state index contributed by atoms with van der Waals surface area (Å²) in [5.41, 5.74) is 1.25. The summed E-state index contributed by atoms with van der Waals surface area (Å²) in [4.78, 5) is 11.1. The van der Waals surface area contributed by atoms with E-state index >= 15 is 0 Å². The highest BCUT2D eigenvalue weighted by atomic mass is 35.5. The second kappa shape index (κ2) is 6.70. The maximum absolute atomic E-state index is 13.4. The zero-order valence-electron chi connectivity index (χ0n) is 11.3. The summed E-state index contributed by atoms with van der Waals surface area (Å²) < 4.78 is 28.3. The van der Waals surface area contributed by atoms with Crippen LogP contribution in [0.5, 0.6) is 5.75 Å². The van der Waals surface area contributed by atoms with Gasteiger partial charge in [0.2, 0.25) is 0 Å². The van der Waals surface area contributed by atoms with E-state index in [1.165, 1.54) is 13.0 Å². The molecule has 6 heteroatoms. The van der Waals surface area contributed by atoms with Gasteiger partial charge in [0.05, 0.1) is 12.8 Å². The molecule has 0 aromatic heterocycles. The Morgan fingerprint density at radius 2 is 2.05 bits per heavy atom. The number of hydrogen-bond acceptors (Lipinski definition) is 2. The summed E-state index contributed by atoms with van der Waals surface area (Å²) in [7, 11) is 0.500. The summed E-state index contributed by atoms with van der Waals surface area (Å²) in [5.74, 6) is -0.733. The van der Waals surface area contributed by atoms with Crippen molar-refractivity contribution in [3.8, 4) is 5.75 Å². The second-order valence-electron chi connectivity index (χ2n) is 4.26. The molecule has 2 rings (SSSR count). The van der Waals surface area contributed by atoms with Gasteiger partial charge in [-0.2, -0.15) is 0 Å². The number of carboxylic acid groups (broad SMARTS) is 1. The lowest BCUT2D eigenvalue weighted by Crippen LogP contribution is -2.34. The van der Waals surface area contributed by atoms with Gasteiger partial charge in [-0.1, -0.05) is 11.6 Å². The number of rotatable bonds is 2. The van der Waals surface area contributed by atoms with Crippen molar-refractivity contribution in [1.29, 1.82) is 0 Å². The van der Waals surface area contributed by atoms with E-state index in [1.54, 1.807) is 19.1 Å². The fourth-order valence-corrected chi connectivity index (χ4v) is 2.03. The van der Waals surface area contributed by atoms with Crippen molar-refractivity contribution in [3.05, 3.63) is 33.9 Å². The molecule has 0 aliphatic carbocycles. The third kappa shape index (κ3) is 3.28. The topological polar surface area (TPSA) is 46.5 Å². The van der Waals surface area contributed by atoms with Crippen LogP contribution in [0.3, 0.4) is 0 Å². The zero-order valence-corrected chi connectivity index (χ0v) is 12.0. The lowest BCUT2D eigenvalue weighted by Gasteiger charge is -2.26. The predicted octanol–water partition coefficient (Wildman–Crippen LogP) is 3.82. The number of ether oxygens (including phenoxy) is 1. The fourth-order valence-electron chi connectivity index (χ4n) is 1.86. The number of alkyl halides is 2. The third-order valence-corrected chi connectivity index (χ3v) is 3.23. The van der Waals surface area contributed by atoms with Gasteiger partial charge in [0.15, 0.2) is 6.10 Å². The number of carbonyl (C=O) groups is 1. The van der Waals surface area contributed by atoms with Crippen molar-refractivity contribution in [2.24, 2.45) is 0 Å². The van der Waals surface area contributed by atoms with Crippen LogP contribution in [0.15, 0.2) is 17.7 Å². The molecule has 0 amide bonds. The Kier molecular flexibility index (Phi) is 5.51. The molecule has 1 aromatic rings. The predicted molar refractivity (Wildman–Crippen MR) is 73.8 cm³/mol. The van der Waals surface area contributed by atoms with Crippen LogP contribution in [-0.4, -0.2) is 30.5 Å². The molecular weight excluding hydrogens is 290 g/mol. The van der Waals surface area contributed by atoms with Crippen LogP contribution in [-0.2, 0) is 4.79 Å². The number of hydrogen-bond donors (Lipinski definition) is 1. The van der Waals surface area contributed by atoms with Crippen LogP contribution < -0.4 is 4.74 Å². The Labute approximate surface area is 120 Å². The van der Waals surface area contributed by atoms with Crippen molar-refractivity contribution in [2.45, 2.75) is 26.1 Å². The monoisotopic (exact) mass is 304 g/mol. The first-order valence-corrected chi connectivity index (χ1v) is 6.21. The van der Waals surface area contributed by atoms with Crippen molar-refractivity contribution < 1.29 is 23.4 Å². The molecule has 0 saturated carbocycles. The van der Waals surface area contributed by atoms with Crippen LogP contribution in [0.25, 0.3) is 6.08 Å². The van der Waals surface area contributed by atoms with Gasteiger partial charge in [0, 0.05) is 10.6 Å². The molecule has 3 nitrogen and oxygen atoms in total. The van der Waals surface area contributed by atoms with Gasteiger partial charge in [-0.3, -0.25) is 4.39 Å². The van der Waals surface area contributed by atoms with Gasteiger partial charge in [-0.25, -0.2) is 9.18 Å². The summed E-state index contributed by atoms with van der Waals surface area (Å²) in [6.45, 7) is 3.07. The molecule has 110 valence electrons. The first-order valence-electron chi connectivity index (χ1n) is 5.83. The standard InChI is InChI=1S/C13H12ClFO3.CH3F/c1-6-3-11-8(5-10(6)14)4-9(13(16)17)12(18-11)7(2)15;1-2/h3-5,7,12H,1-2H3,(H,16,17);1H3. The average Bonchev–Trinajstić information content (AvgIpc) is 2.40. The molecule has 1 aromatic carbocycles. The quantitative estimate of drug-likeness (QED) is 0.903. The van der Waals surface area contributed by atoms with E-state index in [0.29, 0.717) is 23.5 Å². The van der Waals surface area contributed by atoms with Crippen LogP contribution in [0.1, 0.15) is 18.1 Å². The van der Waals surface area contributed by atoms with Gasteiger partial charge < -0.3 is 9.84 Å². The summed E-state index contributed by atoms with van der Waals surface area (Å²) in [6, 6.07) is 3.30. The molecule has 0 spiro atoms. The van der Waals surface area contributed by atoms with Crippen molar-refractivity contribution in [1.82, 2.24) is 0 Å². The van der Waals surface area contributed by atoms with Crippen LogP contribution >= 0.6 is 11.6 Å². The van der Waals surface area contributed by atoms with Crippen LogP contribution in [0.4, 0.5) is 8.78 Å². The maximum Gasteiger partial charge on any atom is 0.335 e. The minimum absolute atomic E-state index is 0.0996. The molecule has 20 heavy (non-hydrogen) atoms. The van der Waals surface area contributed by atoms with E-state index in [1.807, 2.05) is 0 Å². The maximum atomic E-state index is 13.4. The largest absolute Gasteiger partial charge is 0.482 e. The highest BCUT2D eigenvalue weighted by Gasteiger charge is 2.32. The summed E-state index contributed by atoms with van der Waals surface area (Å²) in [5, 5.41) is 9.58. The molecule has 0 bridgehead atoms. The van der Waals surface area contributed by atoms with Gasteiger partial charge >= 0.3 is 5.97 Å². The van der Waals surface area contributed by atoms with Crippen LogP contribution in [0.2, 0.25) is 5.02 Å². The average molecular weight is 305 g/mol. The smallest absolute Gasteiger partial charge is 0.335 e. The molecule has 1 heterocycles. The molecule has 1 N–H and O–H groups in total. The van der Waals surface area contributed by atoms with Crippen LogP contribution in [0, 0.1) is 6.92 Å². The van der Waals surface area contributed by atoms with Gasteiger partial charge in [0.25, 0.3) is 0 Å². The van der Waals surface area contributed by atoms with Gasteiger partial charge in [-0.05, 0) is 37.6 Å². The molecule has 1 aliphatic rings. The van der Waals surface area contributed by atoms with E-state index in [9.17, 15) is 13.6 Å². The first kappa shape index (κ1) is 16.4. The van der Waals surface area contributed by atoms with Gasteiger partial charge in [0.1, 0.15) is 11.9 Å². The van der Waals surface area contributed by atoms with E-state index in [4.69, 9.17) is 21.4 Å². The third-order valence-electron chi connectivity index (χ3n) is 2.83. The molecule has 0 saturated heterocycles. The van der Waals surface area contributed by atoms with E-state index in [-0.39, 0.29) is 5.57 Å². The number of aryl methyl sites for hydroxylation is 1. The SMILES string of the molecule is CF.Cc1cc2c(cc1Cl)C=C(C(=O)O)C(C(C)F)O2. The normalized spacial score (nSPS) is 17.9. The molecule has 2 atom stereocenters. The van der Waals surface area contributed by atoms with Crippen molar-refractivity contribution >= 4 is 23.6 Å². The molecule has 0 fully saturated rings. The zero-order chi connectivity index (χ0) is 15.4. The van der Waals surface area contributed by atoms with E-state index in [2.05, 4.69) is 0 Å². The summed E-state index contributed by atoms with van der Waals surface area (Å²) in [6.07, 6.45) is -1.08. The lowest BCUT2D eigenvalue weighted by atomic mass is 9.98. The number of aliphatic carboxylic acids is 1. The number of carboxylic acids is 1. The first-order chi connectivity index (χ1) is 9.40. The Morgan fingerprint density at radius 1 is 1.45 bits per heavy atom. The highest BCUT2D eigenvalue weighted by Crippen LogP contribution is 2.35. The Hall–Kier alpha value is -1.62. The van der Waals surface area contributed by atoms with Gasteiger partial charge in [-0.15, -0.1) is 0 Å². The fraction of sp³-hybridized carbons (Fsp3) is 0.357. The highest BCUT2D eigenvalue weighted by molar-refractivity contribution is 6.31. The molecule has 0 radical (unpaired) electrons. The molecule has 2 unspecified atom stereocenters. The van der Waals surface area contributed by atoms with E-state index in [0.717, 1.165) is 5.56 Å². The minimum atomic E-state index is -1.41. The summed E-state index contributed by atoms with van der Waals surface area (Å²) >= 11 is 5.97. The number of fused-ring (bicyclic) bond motifs is 1. The number of halogens is 3. The lowest BCUT2D eigenvalue weighted by molar-refractivity contribution is -0.133.